The maximum Gasteiger partial charge on any atom is 0.338 e. The summed E-state index contributed by atoms with van der Waals surface area (Å²) in [5.41, 5.74) is 1.89. The van der Waals surface area contributed by atoms with Crippen molar-refractivity contribution in [1.29, 1.82) is 0 Å². The monoisotopic (exact) mass is 552 g/mol. The van der Waals surface area contributed by atoms with E-state index < -0.39 is 12.0 Å². The van der Waals surface area contributed by atoms with Crippen LogP contribution in [0.15, 0.2) is 57.5 Å². The quantitative estimate of drug-likeness (QED) is 0.374. The van der Waals surface area contributed by atoms with Crippen molar-refractivity contribution in [3.05, 3.63) is 78.5 Å². The topological polar surface area (TPSA) is 97.6 Å². The summed E-state index contributed by atoms with van der Waals surface area (Å²) in [6, 6.07) is 10.1. The third-order valence-electron chi connectivity index (χ3n) is 6.11. The minimum Gasteiger partial charge on any atom is -0.496 e. The maximum atomic E-state index is 13.9. The first kappa shape index (κ1) is 28.0. The van der Waals surface area contributed by atoms with Crippen molar-refractivity contribution in [2.75, 3.05) is 27.9 Å². The predicted octanol–water partition coefficient (Wildman–Crippen LogP) is 3.61. The number of ether oxygens (including phenoxy) is 5. The molecular weight excluding hydrogens is 520 g/mol. The number of hydrogen-bond acceptors (Lipinski definition) is 9. The molecule has 2 aromatic carbocycles. The summed E-state index contributed by atoms with van der Waals surface area (Å²) in [5, 5.41) is 0. The zero-order valence-corrected chi connectivity index (χ0v) is 23.9. The van der Waals surface area contributed by atoms with Crippen molar-refractivity contribution in [3.63, 3.8) is 0 Å². The first-order valence-corrected chi connectivity index (χ1v) is 13.3. The molecule has 0 bridgehead atoms. The number of methoxy groups -OCH3 is 3. The number of aromatic nitrogens is 1. The van der Waals surface area contributed by atoms with Crippen molar-refractivity contribution in [1.82, 2.24) is 4.57 Å². The first-order chi connectivity index (χ1) is 18.7. The number of fused-ring (bicyclic) bond motifs is 1. The van der Waals surface area contributed by atoms with Crippen molar-refractivity contribution < 1.29 is 28.5 Å². The molecule has 9 nitrogen and oxygen atoms in total. The smallest absolute Gasteiger partial charge is 0.338 e. The van der Waals surface area contributed by atoms with Gasteiger partial charge in [-0.15, -0.1) is 0 Å². The second kappa shape index (κ2) is 11.8. The van der Waals surface area contributed by atoms with E-state index in [2.05, 4.69) is 4.99 Å². The summed E-state index contributed by atoms with van der Waals surface area (Å²) in [7, 11) is 4.63. The first-order valence-electron chi connectivity index (χ1n) is 12.5. The van der Waals surface area contributed by atoms with Crippen LogP contribution in [0.5, 0.6) is 23.0 Å². The van der Waals surface area contributed by atoms with Gasteiger partial charge in [0.2, 0.25) is 0 Å². The molecule has 0 N–H and O–H groups in total. The number of benzene rings is 2. The number of hydrogen-bond donors (Lipinski definition) is 0. The normalized spacial score (nSPS) is 15.1. The summed E-state index contributed by atoms with van der Waals surface area (Å²) in [4.78, 5) is 32.1. The number of allylic oxidation sites excluding steroid dienone is 1. The molecule has 10 heteroatoms. The Morgan fingerprint density at radius 1 is 1.05 bits per heavy atom. The Kier molecular flexibility index (Phi) is 8.44. The SMILES string of the molecule is CCOC(=O)C1=C(C)N=c2s/c(=C/c3cc(OC)c(OC)cc3OC)c(=O)n2[C@H]1c1ccc(OC(C)C)cc1. The van der Waals surface area contributed by atoms with Crippen molar-refractivity contribution in [2.45, 2.75) is 39.8 Å². The van der Waals surface area contributed by atoms with E-state index in [1.54, 1.807) is 58.0 Å². The van der Waals surface area contributed by atoms with Crippen LogP contribution in [-0.4, -0.2) is 44.6 Å². The summed E-state index contributed by atoms with van der Waals surface area (Å²) < 4.78 is 29.5. The molecule has 0 saturated heterocycles. The highest BCUT2D eigenvalue weighted by Crippen LogP contribution is 2.35. The highest BCUT2D eigenvalue weighted by Gasteiger charge is 2.33. The third kappa shape index (κ3) is 5.56. The van der Waals surface area contributed by atoms with Gasteiger partial charge in [0.15, 0.2) is 16.3 Å². The number of rotatable bonds is 9. The number of thiazole rings is 1. The van der Waals surface area contributed by atoms with Gasteiger partial charge in [-0.05, 0) is 57.5 Å². The lowest BCUT2D eigenvalue weighted by atomic mass is 9.96. The second-order valence-corrected chi connectivity index (χ2v) is 10.00. The zero-order valence-electron chi connectivity index (χ0n) is 23.1. The molecule has 206 valence electrons. The van der Waals surface area contributed by atoms with E-state index in [9.17, 15) is 9.59 Å². The van der Waals surface area contributed by atoms with Crippen molar-refractivity contribution in [2.24, 2.45) is 4.99 Å². The van der Waals surface area contributed by atoms with Gasteiger partial charge in [0.25, 0.3) is 5.56 Å². The average Bonchev–Trinajstić information content (AvgIpc) is 3.21. The minimum atomic E-state index is -0.720. The fourth-order valence-corrected chi connectivity index (χ4v) is 5.45. The fourth-order valence-electron chi connectivity index (χ4n) is 4.41. The van der Waals surface area contributed by atoms with Gasteiger partial charge >= 0.3 is 5.97 Å². The van der Waals surface area contributed by atoms with Gasteiger partial charge in [-0.1, -0.05) is 23.5 Å². The molecule has 4 rings (SSSR count). The van der Waals surface area contributed by atoms with Crippen LogP contribution < -0.4 is 33.8 Å². The van der Waals surface area contributed by atoms with Crippen LogP contribution in [0.1, 0.15) is 44.9 Å². The van der Waals surface area contributed by atoms with Gasteiger partial charge in [0, 0.05) is 11.6 Å². The summed E-state index contributed by atoms with van der Waals surface area (Å²) in [6.07, 6.45) is 1.74. The molecule has 0 radical (unpaired) electrons. The number of esters is 1. The molecule has 1 aliphatic heterocycles. The Labute approximate surface area is 230 Å². The van der Waals surface area contributed by atoms with E-state index in [1.165, 1.54) is 11.3 Å². The van der Waals surface area contributed by atoms with Crippen LogP contribution in [0.25, 0.3) is 6.08 Å². The van der Waals surface area contributed by atoms with E-state index in [4.69, 9.17) is 23.7 Å². The molecular formula is C29H32N2O7S. The average molecular weight is 553 g/mol. The highest BCUT2D eigenvalue weighted by atomic mass is 32.1. The molecule has 1 atom stereocenters. The molecule has 0 unspecified atom stereocenters. The molecule has 0 fully saturated rings. The van der Waals surface area contributed by atoms with Crippen molar-refractivity contribution >= 4 is 23.4 Å². The molecule has 0 spiro atoms. The van der Waals surface area contributed by atoms with Gasteiger partial charge in [-0.2, -0.15) is 0 Å². The van der Waals surface area contributed by atoms with Crippen LogP contribution in [0.3, 0.4) is 0 Å². The van der Waals surface area contributed by atoms with Gasteiger partial charge < -0.3 is 23.7 Å². The lowest BCUT2D eigenvalue weighted by Gasteiger charge is -2.25. The van der Waals surface area contributed by atoms with Crippen LogP contribution in [0.4, 0.5) is 0 Å². The molecule has 1 aliphatic rings. The van der Waals surface area contributed by atoms with Gasteiger partial charge in [-0.3, -0.25) is 9.36 Å². The van der Waals surface area contributed by atoms with Gasteiger partial charge in [0.05, 0.1) is 55.9 Å². The predicted molar refractivity (Wildman–Crippen MR) is 149 cm³/mol. The fraction of sp³-hybridized carbons (Fsp3) is 0.345. The minimum absolute atomic E-state index is 0.0133. The standard InChI is InChI=1S/C29H32N2O7S/c1-8-37-28(33)25-17(4)30-29-31(26(25)18-9-11-20(12-10-18)38-16(2)3)27(32)24(39-29)14-19-13-22(35-6)23(36-7)15-21(19)34-5/h9-16,26H,8H2,1-7H3/b24-14+/t26-/m0/s1. The van der Waals surface area contributed by atoms with Crippen LogP contribution in [-0.2, 0) is 9.53 Å². The largest absolute Gasteiger partial charge is 0.496 e. The van der Waals surface area contributed by atoms with Crippen LogP contribution >= 0.6 is 11.3 Å². The Hall–Kier alpha value is -4.05. The maximum absolute atomic E-state index is 13.9. The molecule has 3 aromatic rings. The molecule has 2 heterocycles. The highest BCUT2D eigenvalue weighted by molar-refractivity contribution is 7.07. The van der Waals surface area contributed by atoms with E-state index in [1.807, 2.05) is 38.1 Å². The Morgan fingerprint density at radius 2 is 1.69 bits per heavy atom. The number of carbonyl (C=O) groups excluding carboxylic acids is 1. The lowest BCUT2D eigenvalue weighted by molar-refractivity contribution is -0.139. The van der Waals surface area contributed by atoms with Crippen LogP contribution in [0.2, 0.25) is 0 Å². The van der Waals surface area contributed by atoms with E-state index in [0.717, 1.165) is 5.56 Å². The Morgan fingerprint density at radius 3 is 2.28 bits per heavy atom. The van der Waals surface area contributed by atoms with Gasteiger partial charge in [0.1, 0.15) is 11.5 Å². The summed E-state index contributed by atoms with van der Waals surface area (Å²) in [5.74, 6) is 1.70. The molecule has 0 aliphatic carbocycles. The van der Waals surface area contributed by atoms with Crippen molar-refractivity contribution in [3.8, 4) is 23.0 Å². The van der Waals surface area contributed by atoms with Crippen LogP contribution in [0, 0.1) is 0 Å². The Bertz CT molecular complexity index is 1580. The molecule has 0 saturated carbocycles. The molecule has 0 amide bonds. The third-order valence-corrected chi connectivity index (χ3v) is 7.09. The number of carbonyl (C=O) groups is 1. The molecule has 1 aromatic heterocycles. The Balaban J connectivity index is 1.92. The van der Waals surface area contributed by atoms with E-state index in [0.29, 0.717) is 49.2 Å². The van der Waals surface area contributed by atoms with E-state index >= 15 is 0 Å². The van der Waals surface area contributed by atoms with Gasteiger partial charge in [-0.25, -0.2) is 9.79 Å². The lowest BCUT2D eigenvalue weighted by Crippen LogP contribution is -2.39. The summed E-state index contributed by atoms with van der Waals surface area (Å²) >= 11 is 1.23. The molecule has 39 heavy (non-hydrogen) atoms. The zero-order chi connectivity index (χ0) is 28.3. The summed E-state index contributed by atoms with van der Waals surface area (Å²) in [6.45, 7) is 7.60. The number of nitrogens with zero attached hydrogens (tertiary/aromatic N) is 2. The van der Waals surface area contributed by atoms with E-state index in [-0.39, 0.29) is 18.3 Å². The second-order valence-electron chi connectivity index (χ2n) is 8.99.